The first-order valence-electron chi connectivity index (χ1n) is 7.26. The minimum Gasteiger partial charge on any atom is -0.444 e. The minimum absolute atomic E-state index is 0.0445. The van der Waals surface area contributed by atoms with Crippen LogP contribution in [0.2, 0.25) is 0 Å². The first kappa shape index (κ1) is 18.7. The predicted octanol–water partition coefficient (Wildman–Crippen LogP) is 3.65. The van der Waals surface area contributed by atoms with E-state index in [9.17, 15) is 9.18 Å². The number of nitrogens with one attached hydrogen (secondary N) is 2. The Morgan fingerprint density at radius 3 is 2.77 bits per heavy atom. The van der Waals surface area contributed by atoms with E-state index in [1.54, 1.807) is 20.8 Å². The number of carbonyl (C=O) groups is 1. The van der Waals surface area contributed by atoms with Gasteiger partial charge in [-0.2, -0.15) is 0 Å². The molecule has 0 radical (unpaired) electrons. The molecule has 0 spiro atoms. The fourth-order valence-electron chi connectivity index (χ4n) is 2.20. The molecule has 1 amide bonds. The van der Waals surface area contributed by atoms with Gasteiger partial charge in [-0.05, 0) is 38.8 Å². The molecule has 1 aliphatic heterocycles. The fraction of sp³-hybridized carbons (Fsp3) is 0.562. The summed E-state index contributed by atoms with van der Waals surface area (Å²) in [5.41, 5.74) is -0.556. The molecule has 0 unspecified atom stereocenters. The van der Waals surface area contributed by atoms with Gasteiger partial charge >= 0.3 is 6.09 Å². The summed E-state index contributed by atoms with van der Waals surface area (Å²) < 4.78 is 19.2. The zero-order chi connectivity index (χ0) is 16.8. The number of halogens is 2. The van der Waals surface area contributed by atoms with Crippen LogP contribution in [0.25, 0.3) is 0 Å². The van der Waals surface area contributed by atoms with Gasteiger partial charge in [-0.3, -0.25) is 0 Å². The van der Waals surface area contributed by atoms with Crippen molar-refractivity contribution in [2.75, 3.05) is 13.1 Å². The summed E-state index contributed by atoms with van der Waals surface area (Å²) in [6.07, 6.45) is 4.00. The summed E-state index contributed by atoms with van der Waals surface area (Å²) in [6.45, 7) is 10.1. The van der Waals surface area contributed by atoms with Gasteiger partial charge in [-0.25, -0.2) is 9.18 Å². The fourth-order valence-corrected chi connectivity index (χ4v) is 2.40. The normalized spacial score (nSPS) is 23.3. The highest BCUT2D eigenvalue weighted by molar-refractivity contribution is 6.31. The molecule has 0 saturated carbocycles. The van der Waals surface area contributed by atoms with Crippen LogP contribution in [0.1, 0.15) is 27.2 Å². The molecule has 0 bridgehead atoms. The molecule has 124 valence electrons. The Kier molecular flexibility index (Phi) is 7.10. The summed E-state index contributed by atoms with van der Waals surface area (Å²) in [7, 11) is 0. The molecule has 1 fully saturated rings. The predicted molar refractivity (Wildman–Crippen MR) is 87.5 cm³/mol. The lowest BCUT2D eigenvalue weighted by Crippen LogP contribution is -2.43. The number of alkyl carbamates (subject to hydrolysis) is 1. The van der Waals surface area contributed by atoms with Crippen LogP contribution in [0.15, 0.2) is 35.7 Å². The minimum atomic E-state index is -0.556. The summed E-state index contributed by atoms with van der Waals surface area (Å²) in [5.74, 6) is -0.371. The van der Waals surface area contributed by atoms with Crippen LogP contribution in [-0.2, 0) is 4.74 Å². The molecule has 0 aromatic rings. The van der Waals surface area contributed by atoms with Gasteiger partial charge < -0.3 is 15.4 Å². The van der Waals surface area contributed by atoms with Gasteiger partial charge in [-0.15, -0.1) is 0 Å². The van der Waals surface area contributed by atoms with Gasteiger partial charge in [0.1, 0.15) is 11.4 Å². The number of hydrogen-bond acceptors (Lipinski definition) is 3. The number of hydrogen-bond donors (Lipinski definition) is 2. The Morgan fingerprint density at radius 2 is 2.18 bits per heavy atom. The number of allylic oxidation sites excluding steroid dienone is 5. The van der Waals surface area contributed by atoms with Crippen molar-refractivity contribution in [2.45, 2.75) is 38.8 Å². The van der Waals surface area contributed by atoms with Gasteiger partial charge in [0.2, 0.25) is 0 Å². The first-order valence-corrected chi connectivity index (χ1v) is 7.63. The van der Waals surface area contributed by atoms with Crippen molar-refractivity contribution in [3.05, 3.63) is 35.7 Å². The molecule has 0 aromatic carbocycles. The van der Waals surface area contributed by atoms with Crippen molar-refractivity contribution < 1.29 is 13.9 Å². The first-order chi connectivity index (χ1) is 10.2. The average Bonchev–Trinajstić information content (AvgIpc) is 2.73. The Morgan fingerprint density at radius 1 is 1.50 bits per heavy atom. The number of amides is 1. The van der Waals surface area contributed by atoms with Crippen LogP contribution in [0.4, 0.5) is 9.18 Å². The van der Waals surface area contributed by atoms with E-state index in [1.165, 1.54) is 18.2 Å². The standard InChI is InChI=1S/C16H24ClFN2O2/c1-5-6-12(17)8-13(18)7-11-9-19-10-14(11)20-15(21)22-16(2,3)4/h5-6,8,11,14,19H,1,7,9-10H2,2-4H3,(H,20,21)/b12-6+,13-8+/t11-,14-/m0/s1. The van der Waals surface area contributed by atoms with E-state index < -0.39 is 11.7 Å². The molecule has 1 heterocycles. The summed E-state index contributed by atoms with van der Waals surface area (Å²) in [6, 6.07) is -0.170. The van der Waals surface area contributed by atoms with Crippen LogP contribution in [0.5, 0.6) is 0 Å². The van der Waals surface area contributed by atoms with Crippen LogP contribution < -0.4 is 10.6 Å². The van der Waals surface area contributed by atoms with Crippen LogP contribution in [-0.4, -0.2) is 30.8 Å². The molecule has 1 saturated heterocycles. The Bertz CT molecular complexity index is 469. The van der Waals surface area contributed by atoms with Crippen LogP contribution >= 0.6 is 11.6 Å². The van der Waals surface area contributed by atoms with E-state index in [-0.39, 0.29) is 29.2 Å². The third-order valence-corrected chi connectivity index (χ3v) is 3.31. The zero-order valence-electron chi connectivity index (χ0n) is 13.3. The van der Waals surface area contributed by atoms with Crippen LogP contribution in [0, 0.1) is 5.92 Å². The maximum Gasteiger partial charge on any atom is 0.407 e. The van der Waals surface area contributed by atoms with Crippen LogP contribution in [0.3, 0.4) is 0 Å². The molecule has 1 aliphatic rings. The summed E-state index contributed by atoms with van der Waals surface area (Å²) in [4.78, 5) is 11.8. The second kappa shape index (κ2) is 8.34. The van der Waals surface area contributed by atoms with Crippen molar-refractivity contribution in [3.8, 4) is 0 Å². The highest BCUT2D eigenvalue weighted by Crippen LogP contribution is 2.22. The molecule has 2 N–H and O–H groups in total. The maximum atomic E-state index is 13.9. The lowest BCUT2D eigenvalue weighted by molar-refractivity contribution is 0.0496. The van der Waals surface area contributed by atoms with Gasteiger partial charge in [0.15, 0.2) is 0 Å². The topological polar surface area (TPSA) is 50.4 Å². The molecular weight excluding hydrogens is 307 g/mol. The average molecular weight is 331 g/mol. The molecule has 6 heteroatoms. The third-order valence-electron chi connectivity index (χ3n) is 3.07. The highest BCUT2D eigenvalue weighted by Gasteiger charge is 2.30. The van der Waals surface area contributed by atoms with Gasteiger partial charge in [0.25, 0.3) is 0 Å². The van der Waals surface area contributed by atoms with Crippen molar-refractivity contribution >= 4 is 17.7 Å². The molecule has 4 nitrogen and oxygen atoms in total. The Hall–Kier alpha value is -1.33. The largest absolute Gasteiger partial charge is 0.444 e. The number of rotatable bonds is 5. The van der Waals surface area contributed by atoms with E-state index in [0.717, 1.165) is 0 Å². The second-order valence-electron chi connectivity index (χ2n) is 6.25. The van der Waals surface area contributed by atoms with Crippen molar-refractivity contribution in [3.63, 3.8) is 0 Å². The Labute approximate surface area is 136 Å². The van der Waals surface area contributed by atoms with Crippen molar-refractivity contribution in [2.24, 2.45) is 5.92 Å². The summed E-state index contributed by atoms with van der Waals surface area (Å²) >= 11 is 5.82. The Balaban J connectivity index is 2.58. The second-order valence-corrected chi connectivity index (χ2v) is 6.69. The lowest BCUT2D eigenvalue weighted by atomic mass is 9.99. The van der Waals surface area contributed by atoms with E-state index >= 15 is 0 Å². The smallest absolute Gasteiger partial charge is 0.407 e. The van der Waals surface area contributed by atoms with E-state index in [2.05, 4.69) is 17.2 Å². The van der Waals surface area contributed by atoms with E-state index in [4.69, 9.17) is 16.3 Å². The van der Waals surface area contributed by atoms with E-state index in [1.807, 2.05) is 0 Å². The number of carbonyl (C=O) groups excluding carboxylic acids is 1. The monoisotopic (exact) mass is 330 g/mol. The third kappa shape index (κ3) is 7.09. The highest BCUT2D eigenvalue weighted by atomic mass is 35.5. The summed E-state index contributed by atoms with van der Waals surface area (Å²) in [5, 5.41) is 6.22. The zero-order valence-corrected chi connectivity index (χ0v) is 14.0. The van der Waals surface area contributed by atoms with Crippen molar-refractivity contribution in [1.82, 2.24) is 10.6 Å². The molecule has 0 aromatic heterocycles. The van der Waals surface area contributed by atoms with Gasteiger partial charge in [0.05, 0.1) is 0 Å². The van der Waals surface area contributed by atoms with Gasteiger partial charge in [-0.1, -0.05) is 24.3 Å². The molecule has 1 rings (SSSR count). The quantitative estimate of drug-likeness (QED) is 0.756. The molecule has 2 atom stereocenters. The van der Waals surface area contributed by atoms with Gasteiger partial charge in [0, 0.05) is 30.6 Å². The maximum absolute atomic E-state index is 13.9. The van der Waals surface area contributed by atoms with Crippen molar-refractivity contribution in [1.29, 1.82) is 0 Å². The molecule has 0 aliphatic carbocycles. The molecular formula is C16H24ClFN2O2. The number of ether oxygens (including phenoxy) is 1. The SMILES string of the molecule is C=C/C=C(Cl)\C=C(\F)C[C@H]1CNC[C@@H]1NC(=O)OC(C)(C)C. The molecule has 22 heavy (non-hydrogen) atoms. The lowest BCUT2D eigenvalue weighted by Gasteiger charge is -2.24. The van der Waals surface area contributed by atoms with E-state index in [0.29, 0.717) is 13.1 Å².